The van der Waals surface area contributed by atoms with E-state index < -0.39 is 17.3 Å². The van der Waals surface area contributed by atoms with Gasteiger partial charge in [-0.15, -0.1) is 0 Å². The average Bonchev–Trinajstić information content (AvgIpc) is 3.37. The van der Waals surface area contributed by atoms with Crippen molar-refractivity contribution in [2.75, 3.05) is 26.9 Å². The van der Waals surface area contributed by atoms with E-state index in [-0.39, 0.29) is 12.5 Å². The van der Waals surface area contributed by atoms with Crippen LogP contribution in [0, 0.1) is 11.3 Å². The van der Waals surface area contributed by atoms with E-state index in [1.54, 1.807) is 13.2 Å². The Kier molecular flexibility index (Phi) is 6.20. The van der Waals surface area contributed by atoms with Crippen molar-refractivity contribution < 1.29 is 24.2 Å². The maximum atomic E-state index is 12.3. The smallest absolute Gasteiger partial charge is 0.308 e. The van der Waals surface area contributed by atoms with Gasteiger partial charge >= 0.3 is 5.97 Å². The summed E-state index contributed by atoms with van der Waals surface area (Å²) in [6.45, 7) is 2.96. The number of carbonyl (C=O) groups is 2. The van der Waals surface area contributed by atoms with Gasteiger partial charge < -0.3 is 19.9 Å². The van der Waals surface area contributed by atoms with Gasteiger partial charge in [0.1, 0.15) is 5.75 Å². The molecule has 2 N–H and O–H groups in total. The van der Waals surface area contributed by atoms with Gasteiger partial charge in [-0.1, -0.05) is 18.2 Å². The van der Waals surface area contributed by atoms with Gasteiger partial charge in [0, 0.05) is 13.2 Å². The molecule has 6 heteroatoms. The van der Waals surface area contributed by atoms with E-state index in [1.807, 2.05) is 25.1 Å². The van der Waals surface area contributed by atoms with Gasteiger partial charge in [-0.25, -0.2) is 0 Å². The van der Waals surface area contributed by atoms with Crippen LogP contribution in [0.1, 0.15) is 25.3 Å². The normalized spacial score (nSPS) is 16.2. The largest absolute Gasteiger partial charge is 0.496 e. The molecule has 1 aliphatic rings. The number of rotatable bonds is 10. The van der Waals surface area contributed by atoms with Crippen LogP contribution in [-0.2, 0) is 20.7 Å². The molecule has 24 heavy (non-hydrogen) atoms. The molecule has 1 saturated carbocycles. The zero-order chi connectivity index (χ0) is 17.6. The Morgan fingerprint density at radius 2 is 2.04 bits per heavy atom. The fourth-order valence-electron chi connectivity index (χ4n) is 2.67. The molecule has 0 aliphatic heterocycles. The molecule has 0 aromatic heterocycles. The van der Waals surface area contributed by atoms with E-state index in [1.165, 1.54) is 0 Å². The molecule has 1 atom stereocenters. The number of amides is 1. The Morgan fingerprint density at radius 3 is 2.62 bits per heavy atom. The molecular formula is C18H25NO5. The highest BCUT2D eigenvalue weighted by Gasteiger charge is 2.50. The lowest BCUT2D eigenvalue weighted by Gasteiger charge is -2.18. The molecule has 1 unspecified atom stereocenters. The number of para-hydroxylation sites is 1. The first-order chi connectivity index (χ1) is 11.5. The maximum absolute atomic E-state index is 12.3. The Labute approximate surface area is 142 Å². The highest BCUT2D eigenvalue weighted by atomic mass is 16.5. The Hall–Kier alpha value is -2.08. The van der Waals surface area contributed by atoms with E-state index in [4.69, 9.17) is 9.47 Å². The van der Waals surface area contributed by atoms with E-state index in [2.05, 4.69) is 5.32 Å². The second kappa shape index (κ2) is 8.15. The van der Waals surface area contributed by atoms with E-state index in [9.17, 15) is 14.7 Å². The summed E-state index contributed by atoms with van der Waals surface area (Å²) in [6, 6.07) is 7.32. The van der Waals surface area contributed by atoms with E-state index in [0.29, 0.717) is 25.4 Å². The van der Waals surface area contributed by atoms with Gasteiger partial charge in [-0.3, -0.25) is 9.59 Å². The fraction of sp³-hybridized carbons (Fsp3) is 0.556. The summed E-state index contributed by atoms with van der Waals surface area (Å²) < 4.78 is 10.6. The topological polar surface area (TPSA) is 84.9 Å². The molecule has 1 aliphatic carbocycles. The third kappa shape index (κ3) is 4.47. The summed E-state index contributed by atoms with van der Waals surface area (Å²) in [5, 5.41) is 12.2. The number of carbonyl (C=O) groups excluding carboxylic acids is 1. The quantitative estimate of drug-likeness (QED) is 0.682. The highest BCUT2D eigenvalue weighted by Crippen LogP contribution is 2.46. The number of methoxy groups -OCH3 is 1. The summed E-state index contributed by atoms with van der Waals surface area (Å²) in [4.78, 5) is 23.9. The van der Waals surface area contributed by atoms with Gasteiger partial charge in [0.05, 0.1) is 25.0 Å². The van der Waals surface area contributed by atoms with E-state index in [0.717, 1.165) is 18.4 Å². The lowest BCUT2D eigenvalue weighted by Crippen LogP contribution is -2.40. The molecule has 0 heterocycles. The minimum Gasteiger partial charge on any atom is -0.496 e. The number of hydrogen-bond acceptors (Lipinski definition) is 4. The number of ether oxygens (including phenoxy) is 2. The van der Waals surface area contributed by atoms with Gasteiger partial charge in [0.2, 0.25) is 5.91 Å². The van der Waals surface area contributed by atoms with Crippen molar-refractivity contribution >= 4 is 11.9 Å². The predicted octanol–water partition coefficient (Wildman–Crippen LogP) is 1.87. The Bertz CT molecular complexity index is 583. The Balaban J connectivity index is 1.94. The standard InChI is InChI=1S/C18H25NO5/c1-3-24-12-18(8-9-18)17(22)19-11-14(16(20)21)10-13-6-4-5-7-15(13)23-2/h4-7,14H,3,8-12H2,1-2H3,(H,19,22)(H,20,21). The number of benzene rings is 1. The minimum atomic E-state index is -0.934. The van der Waals surface area contributed by atoms with Crippen LogP contribution < -0.4 is 10.1 Å². The molecular weight excluding hydrogens is 310 g/mol. The van der Waals surface area contributed by atoms with Crippen LogP contribution in [0.25, 0.3) is 0 Å². The molecule has 0 spiro atoms. The van der Waals surface area contributed by atoms with Crippen molar-refractivity contribution in [3.8, 4) is 5.75 Å². The first kappa shape index (κ1) is 18.3. The van der Waals surface area contributed by atoms with Gasteiger partial charge in [0.25, 0.3) is 0 Å². The number of aliphatic carboxylic acids is 1. The van der Waals surface area contributed by atoms with Gasteiger partial charge in [-0.2, -0.15) is 0 Å². The van der Waals surface area contributed by atoms with Crippen LogP contribution in [-0.4, -0.2) is 43.9 Å². The van der Waals surface area contributed by atoms with Gasteiger partial charge in [-0.05, 0) is 37.8 Å². The molecule has 0 saturated heterocycles. The molecule has 1 amide bonds. The summed E-state index contributed by atoms with van der Waals surface area (Å²) in [5.74, 6) is -1.09. The van der Waals surface area contributed by atoms with Crippen LogP contribution in [0.4, 0.5) is 0 Å². The molecule has 1 aromatic rings. The molecule has 6 nitrogen and oxygen atoms in total. The van der Waals surface area contributed by atoms with Crippen molar-refractivity contribution in [2.24, 2.45) is 11.3 Å². The summed E-state index contributed by atoms with van der Waals surface area (Å²) in [5.41, 5.74) is 0.362. The summed E-state index contributed by atoms with van der Waals surface area (Å²) in [7, 11) is 1.56. The zero-order valence-corrected chi connectivity index (χ0v) is 14.2. The molecule has 0 radical (unpaired) electrons. The van der Waals surface area contributed by atoms with Crippen molar-refractivity contribution in [3.63, 3.8) is 0 Å². The van der Waals surface area contributed by atoms with E-state index >= 15 is 0 Å². The molecule has 2 rings (SSSR count). The average molecular weight is 335 g/mol. The van der Waals surface area contributed by atoms with Crippen LogP contribution >= 0.6 is 0 Å². The van der Waals surface area contributed by atoms with Crippen LogP contribution in [0.5, 0.6) is 5.75 Å². The maximum Gasteiger partial charge on any atom is 0.308 e. The zero-order valence-electron chi connectivity index (χ0n) is 14.2. The first-order valence-corrected chi connectivity index (χ1v) is 8.23. The van der Waals surface area contributed by atoms with Crippen molar-refractivity contribution in [1.29, 1.82) is 0 Å². The van der Waals surface area contributed by atoms with Crippen LogP contribution in [0.3, 0.4) is 0 Å². The number of hydrogen-bond donors (Lipinski definition) is 2. The molecule has 132 valence electrons. The summed E-state index contributed by atoms with van der Waals surface area (Å²) in [6.07, 6.45) is 1.89. The third-order valence-corrected chi connectivity index (χ3v) is 4.43. The lowest BCUT2D eigenvalue weighted by atomic mass is 9.98. The number of carboxylic acid groups (broad SMARTS) is 1. The van der Waals surface area contributed by atoms with Crippen LogP contribution in [0.15, 0.2) is 24.3 Å². The molecule has 1 aromatic carbocycles. The summed E-state index contributed by atoms with van der Waals surface area (Å²) >= 11 is 0. The predicted molar refractivity (Wildman–Crippen MR) is 89.0 cm³/mol. The van der Waals surface area contributed by atoms with Crippen molar-refractivity contribution in [1.82, 2.24) is 5.32 Å². The second-order valence-corrected chi connectivity index (χ2v) is 6.18. The SMILES string of the molecule is CCOCC1(C(=O)NCC(Cc2ccccc2OC)C(=O)O)CC1. The Morgan fingerprint density at radius 1 is 1.33 bits per heavy atom. The number of nitrogens with one attached hydrogen (secondary N) is 1. The molecule has 1 fully saturated rings. The fourth-order valence-corrected chi connectivity index (χ4v) is 2.67. The van der Waals surface area contributed by atoms with Crippen molar-refractivity contribution in [3.05, 3.63) is 29.8 Å². The second-order valence-electron chi connectivity index (χ2n) is 6.18. The van der Waals surface area contributed by atoms with Crippen molar-refractivity contribution in [2.45, 2.75) is 26.2 Å². The first-order valence-electron chi connectivity index (χ1n) is 8.23. The van der Waals surface area contributed by atoms with Crippen LogP contribution in [0.2, 0.25) is 0 Å². The number of carboxylic acids is 1. The monoisotopic (exact) mass is 335 g/mol. The van der Waals surface area contributed by atoms with Gasteiger partial charge in [0.15, 0.2) is 0 Å². The third-order valence-electron chi connectivity index (χ3n) is 4.43. The highest BCUT2D eigenvalue weighted by molar-refractivity contribution is 5.86. The minimum absolute atomic E-state index is 0.0973. The molecule has 0 bridgehead atoms. The lowest BCUT2D eigenvalue weighted by molar-refractivity contribution is -0.141.